The van der Waals surface area contributed by atoms with Crippen molar-refractivity contribution in [1.29, 1.82) is 0 Å². The molecule has 7 heteroatoms. The normalized spacial score (nSPS) is 8.95. The number of hydrogen-bond donors (Lipinski definition) is 1. The van der Waals surface area contributed by atoms with Crippen molar-refractivity contribution in [3.63, 3.8) is 0 Å². The Bertz CT molecular complexity index is 551. The van der Waals surface area contributed by atoms with Crippen LogP contribution in [-0.2, 0) is 4.74 Å². The Morgan fingerprint density at radius 2 is 1.85 bits per heavy atom. The first-order valence-corrected chi connectivity index (χ1v) is 6.66. The third kappa shape index (κ3) is 3.66. The standard InChI is InChI=1S/C9H11N5O2.2C2H6/c1-5-4-6(8(15)16-3)13-14-7(5)11-12-9(14)10-2;2*1-2/h4H,1-3H3,(H,10,12);2*1-2H3. The van der Waals surface area contributed by atoms with Crippen LogP contribution in [0.5, 0.6) is 0 Å². The summed E-state index contributed by atoms with van der Waals surface area (Å²) in [5.41, 5.74) is 1.64. The number of nitrogens with zero attached hydrogens (tertiary/aromatic N) is 4. The summed E-state index contributed by atoms with van der Waals surface area (Å²) in [6.07, 6.45) is 0. The zero-order chi connectivity index (χ0) is 15.7. The van der Waals surface area contributed by atoms with Gasteiger partial charge in [-0.15, -0.1) is 10.2 Å². The van der Waals surface area contributed by atoms with Crippen LogP contribution in [-0.4, -0.2) is 39.9 Å². The molecule has 0 radical (unpaired) electrons. The first kappa shape index (κ1) is 17.8. The van der Waals surface area contributed by atoms with E-state index in [4.69, 9.17) is 0 Å². The van der Waals surface area contributed by atoms with Crippen LogP contribution in [0.3, 0.4) is 0 Å². The van der Waals surface area contributed by atoms with Gasteiger partial charge in [-0.1, -0.05) is 27.7 Å². The van der Waals surface area contributed by atoms with Crippen molar-refractivity contribution in [2.45, 2.75) is 34.6 Å². The van der Waals surface area contributed by atoms with Crippen LogP contribution in [0, 0.1) is 6.92 Å². The van der Waals surface area contributed by atoms with E-state index in [2.05, 4.69) is 25.3 Å². The predicted octanol–water partition coefficient (Wildman–Crippen LogP) is 2.31. The fourth-order valence-electron chi connectivity index (χ4n) is 1.39. The number of esters is 1. The van der Waals surface area contributed by atoms with Crippen molar-refractivity contribution in [2.24, 2.45) is 0 Å². The van der Waals surface area contributed by atoms with Gasteiger partial charge < -0.3 is 10.1 Å². The Morgan fingerprint density at radius 1 is 1.25 bits per heavy atom. The topological polar surface area (TPSA) is 81.4 Å². The molecule has 2 aromatic rings. The van der Waals surface area contributed by atoms with Gasteiger partial charge in [-0.2, -0.15) is 9.61 Å². The van der Waals surface area contributed by atoms with Gasteiger partial charge in [0.05, 0.1) is 7.11 Å². The van der Waals surface area contributed by atoms with Crippen LogP contribution in [0.4, 0.5) is 5.95 Å². The van der Waals surface area contributed by atoms with Crippen LogP contribution in [0.2, 0.25) is 0 Å². The predicted molar refractivity (Wildman–Crippen MR) is 79.1 cm³/mol. The summed E-state index contributed by atoms with van der Waals surface area (Å²) in [5.74, 6) is -0.00962. The quantitative estimate of drug-likeness (QED) is 0.851. The second-order valence-corrected chi connectivity index (χ2v) is 3.21. The third-order valence-electron chi connectivity index (χ3n) is 2.17. The van der Waals surface area contributed by atoms with Crippen molar-refractivity contribution >= 4 is 17.6 Å². The van der Waals surface area contributed by atoms with E-state index in [1.54, 1.807) is 13.1 Å². The summed E-state index contributed by atoms with van der Waals surface area (Å²) in [5, 5.41) is 14.8. The lowest BCUT2D eigenvalue weighted by molar-refractivity contribution is 0.0592. The Morgan fingerprint density at radius 3 is 2.35 bits per heavy atom. The van der Waals surface area contributed by atoms with Gasteiger partial charge in [0.15, 0.2) is 11.3 Å². The van der Waals surface area contributed by atoms with E-state index in [-0.39, 0.29) is 5.69 Å². The number of aromatic nitrogens is 4. The Kier molecular flexibility index (Phi) is 7.88. The highest BCUT2D eigenvalue weighted by atomic mass is 16.5. The molecule has 0 spiro atoms. The number of carbonyl (C=O) groups excluding carboxylic acids is 1. The van der Waals surface area contributed by atoms with E-state index >= 15 is 0 Å². The van der Waals surface area contributed by atoms with Crippen LogP contribution >= 0.6 is 0 Å². The molecule has 0 bridgehead atoms. The summed E-state index contributed by atoms with van der Waals surface area (Å²) >= 11 is 0. The van der Waals surface area contributed by atoms with E-state index in [0.29, 0.717) is 11.6 Å². The average Bonchev–Trinajstić information content (AvgIpc) is 2.94. The van der Waals surface area contributed by atoms with Crippen molar-refractivity contribution in [3.8, 4) is 0 Å². The molecule has 0 fully saturated rings. The van der Waals surface area contributed by atoms with Crippen molar-refractivity contribution < 1.29 is 9.53 Å². The number of rotatable bonds is 2. The summed E-state index contributed by atoms with van der Waals surface area (Å²) < 4.78 is 6.09. The van der Waals surface area contributed by atoms with Gasteiger partial charge in [0.25, 0.3) is 0 Å². The van der Waals surface area contributed by atoms with Gasteiger partial charge in [-0.25, -0.2) is 4.79 Å². The third-order valence-corrected chi connectivity index (χ3v) is 2.17. The second-order valence-electron chi connectivity index (χ2n) is 3.21. The fourth-order valence-corrected chi connectivity index (χ4v) is 1.39. The molecule has 0 unspecified atom stereocenters. The minimum Gasteiger partial charge on any atom is -0.464 e. The highest BCUT2D eigenvalue weighted by Gasteiger charge is 2.14. The minimum atomic E-state index is -0.485. The zero-order valence-corrected chi connectivity index (χ0v) is 13.2. The molecule has 2 aromatic heterocycles. The molecule has 0 saturated heterocycles. The van der Waals surface area contributed by atoms with Gasteiger partial charge in [0.1, 0.15) is 0 Å². The van der Waals surface area contributed by atoms with Gasteiger partial charge >= 0.3 is 5.97 Å². The summed E-state index contributed by atoms with van der Waals surface area (Å²) in [6, 6.07) is 1.62. The molecule has 7 nitrogen and oxygen atoms in total. The van der Waals surface area contributed by atoms with Gasteiger partial charge in [-0.3, -0.25) is 0 Å². The molecular weight excluding hydrogens is 258 g/mol. The van der Waals surface area contributed by atoms with Gasteiger partial charge in [0, 0.05) is 7.05 Å². The SMILES string of the molecule is CC.CC.CNc1nnc2c(C)cc(C(=O)OC)nn12. The summed E-state index contributed by atoms with van der Waals surface area (Å²) in [7, 11) is 3.02. The molecule has 2 heterocycles. The Hall–Kier alpha value is -2.18. The molecule has 0 atom stereocenters. The average molecular weight is 281 g/mol. The van der Waals surface area contributed by atoms with E-state index in [9.17, 15) is 4.79 Å². The molecule has 0 aliphatic carbocycles. The van der Waals surface area contributed by atoms with E-state index in [0.717, 1.165) is 5.56 Å². The van der Waals surface area contributed by atoms with Crippen LogP contribution in [0.1, 0.15) is 43.7 Å². The first-order chi connectivity index (χ1) is 9.67. The number of carbonyl (C=O) groups is 1. The number of fused-ring (bicyclic) bond motifs is 1. The van der Waals surface area contributed by atoms with Crippen LogP contribution < -0.4 is 5.32 Å². The smallest absolute Gasteiger partial charge is 0.358 e. The maximum atomic E-state index is 11.4. The molecule has 0 aliphatic heterocycles. The van der Waals surface area contributed by atoms with Crippen molar-refractivity contribution in [2.75, 3.05) is 19.5 Å². The van der Waals surface area contributed by atoms with Crippen LogP contribution in [0.15, 0.2) is 6.07 Å². The number of ether oxygens (including phenoxy) is 1. The van der Waals surface area contributed by atoms with Crippen molar-refractivity contribution in [3.05, 3.63) is 17.3 Å². The number of methoxy groups -OCH3 is 1. The number of nitrogens with one attached hydrogen (secondary N) is 1. The highest BCUT2D eigenvalue weighted by molar-refractivity contribution is 5.87. The second kappa shape index (κ2) is 8.84. The molecule has 2 rings (SSSR count). The van der Waals surface area contributed by atoms with Gasteiger partial charge in [-0.05, 0) is 18.6 Å². The lowest BCUT2D eigenvalue weighted by Crippen LogP contribution is -2.10. The highest BCUT2D eigenvalue weighted by Crippen LogP contribution is 2.12. The summed E-state index contributed by atoms with van der Waals surface area (Å²) in [6.45, 7) is 9.83. The lowest BCUT2D eigenvalue weighted by atomic mass is 10.3. The van der Waals surface area contributed by atoms with E-state index in [1.165, 1.54) is 11.6 Å². The molecular formula is C13H23N5O2. The Balaban J connectivity index is 0.000000829. The van der Waals surface area contributed by atoms with Crippen LogP contribution in [0.25, 0.3) is 5.65 Å². The lowest BCUT2D eigenvalue weighted by Gasteiger charge is -2.02. The number of anilines is 1. The maximum absolute atomic E-state index is 11.4. The largest absolute Gasteiger partial charge is 0.464 e. The molecule has 20 heavy (non-hydrogen) atoms. The maximum Gasteiger partial charge on any atom is 0.358 e. The zero-order valence-electron chi connectivity index (χ0n) is 13.2. The molecule has 0 aromatic carbocycles. The summed E-state index contributed by atoms with van der Waals surface area (Å²) in [4.78, 5) is 11.4. The fraction of sp³-hybridized carbons (Fsp3) is 0.538. The molecule has 0 amide bonds. The van der Waals surface area contributed by atoms with E-state index in [1.807, 2.05) is 34.6 Å². The molecule has 1 N–H and O–H groups in total. The number of hydrogen-bond acceptors (Lipinski definition) is 6. The van der Waals surface area contributed by atoms with Crippen molar-refractivity contribution in [1.82, 2.24) is 19.8 Å². The minimum absolute atomic E-state index is 0.226. The van der Waals surface area contributed by atoms with E-state index < -0.39 is 5.97 Å². The Labute approximate surface area is 119 Å². The molecule has 112 valence electrons. The first-order valence-electron chi connectivity index (χ1n) is 6.66. The molecule has 0 aliphatic rings. The monoisotopic (exact) mass is 281 g/mol. The molecule has 0 saturated carbocycles. The number of aryl methyl sites for hydroxylation is 1. The van der Waals surface area contributed by atoms with Gasteiger partial charge in [0.2, 0.25) is 5.95 Å².